The first-order chi connectivity index (χ1) is 10.6. The van der Waals surface area contributed by atoms with Gasteiger partial charge >= 0.3 is 0 Å². The minimum Gasteiger partial charge on any atom is -0.493 e. The number of ether oxygens (including phenoxy) is 2. The number of hydrogen-bond acceptors (Lipinski definition) is 4. The fourth-order valence-electron chi connectivity index (χ4n) is 2.12. The second kappa shape index (κ2) is 6.98. The molecule has 1 fully saturated rings. The van der Waals surface area contributed by atoms with Crippen molar-refractivity contribution >= 4 is 11.8 Å². The van der Waals surface area contributed by atoms with E-state index >= 15 is 0 Å². The Labute approximate surface area is 129 Å². The molecule has 0 aromatic heterocycles. The van der Waals surface area contributed by atoms with Crippen molar-refractivity contribution in [1.82, 2.24) is 10.9 Å². The molecule has 2 rings (SSSR count). The largest absolute Gasteiger partial charge is 0.493 e. The molecule has 0 bridgehead atoms. The third-order valence-corrected chi connectivity index (χ3v) is 3.43. The summed E-state index contributed by atoms with van der Waals surface area (Å²) >= 11 is 0. The highest BCUT2D eigenvalue weighted by atomic mass is 16.5. The second-order valence-corrected chi connectivity index (χ2v) is 5.08. The van der Waals surface area contributed by atoms with Gasteiger partial charge in [-0.3, -0.25) is 20.4 Å². The maximum Gasteiger partial charge on any atom is 0.269 e. The third kappa shape index (κ3) is 3.58. The normalized spacial score (nSPS) is 13.2. The molecule has 0 saturated heterocycles. The molecule has 0 unspecified atom stereocenters. The summed E-state index contributed by atoms with van der Waals surface area (Å²) in [7, 11) is 3.05. The molecule has 6 heteroatoms. The van der Waals surface area contributed by atoms with Crippen molar-refractivity contribution in [1.29, 1.82) is 0 Å². The van der Waals surface area contributed by atoms with Gasteiger partial charge in [-0.25, -0.2) is 0 Å². The van der Waals surface area contributed by atoms with Crippen LogP contribution in [0.25, 0.3) is 0 Å². The van der Waals surface area contributed by atoms with E-state index in [1.807, 2.05) is 0 Å². The highest BCUT2D eigenvalue weighted by Gasteiger charge is 2.29. The van der Waals surface area contributed by atoms with Gasteiger partial charge in [-0.15, -0.1) is 6.58 Å². The van der Waals surface area contributed by atoms with Crippen LogP contribution in [0.1, 0.15) is 28.8 Å². The second-order valence-electron chi connectivity index (χ2n) is 5.08. The lowest BCUT2D eigenvalue weighted by Crippen LogP contribution is -2.42. The highest BCUT2D eigenvalue weighted by Crippen LogP contribution is 2.33. The quantitative estimate of drug-likeness (QED) is 0.618. The van der Waals surface area contributed by atoms with Crippen LogP contribution in [0.5, 0.6) is 11.5 Å². The summed E-state index contributed by atoms with van der Waals surface area (Å²) in [6.07, 6.45) is 4.01. The van der Waals surface area contributed by atoms with Crippen LogP contribution in [0.4, 0.5) is 0 Å². The van der Waals surface area contributed by atoms with Crippen LogP contribution in [0, 0.1) is 5.92 Å². The van der Waals surface area contributed by atoms with E-state index in [0.717, 1.165) is 18.4 Å². The van der Waals surface area contributed by atoms with E-state index in [1.54, 1.807) is 25.3 Å². The maximum atomic E-state index is 12.2. The summed E-state index contributed by atoms with van der Waals surface area (Å²) in [6, 6.07) is 3.27. The van der Waals surface area contributed by atoms with Crippen molar-refractivity contribution in [2.75, 3.05) is 14.2 Å². The molecule has 1 aromatic carbocycles. The molecule has 0 heterocycles. The lowest BCUT2D eigenvalue weighted by atomic mass is 10.1. The first-order valence-corrected chi connectivity index (χ1v) is 7.06. The molecule has 1 aromatic rings. The van der Waals surface area contributed by atoms with Gasteiger partial charge in [-0.05, 0) is 31.4 Å². The minimum absolute atomic E-state index is 0.0297. The summed E-state index contributed by atoms with van der Waals surface area (Å²) in [5, 5.41) is 0. The van der Waals surface area contributed by atoms with Crippen LogP contribution >= 0.6 is 0 Å². The molecule has 118 valence electrons. The summed E-state index contributed by atoms with van der Waals surface area (Å²) < 4.78 is 10.6. The van der Waals surface area contributed by atoms with Gasteiger partial charge in [0, 0.05) is 17.0 Å². The minimum atomic E-state index is -0.403. The smallest absolute Gasteiger partial charge is 0.269 e. The zero-order valence-electron chi connectivity index (χ0n) is 12.8. The van der Waals surface area contributed by atoms with E-state index in [9.17, 15) is 9.59 Å². The van der Waals surface area contributed by atoms with Gasteiger partial charge in [0.25, 0.3) is 5.91 Å². The van der Waals surface area contributed by atoms with E-state index in [0.29, 0.717) is 23.5 Å². The predicted octanol–water partition coefficient (Wildman–Crippen LogP) is 1.60. The Morgan fingerprint density at radius 2 is 2.00 bits per heavy atom. The fraction of sp³-hybridized carbons (Fsp3) is 0.375. The average Bonchev–Trinajstić information content (AvgIpc) is 3.36. The van der Waals surface area contributed by atoms with Crippen molar-refractivity contribution in [2.45, 2.75) is 19.3 Å². The van der Waals surface area contributed by atoms with Crippen molar-refractivity contribution in [3.8, 4) is 11.5 Å². The highest BCUT2D eigenvalue weighted by molar-refractivity contribution is 5.96. The van der Waals surface area contributed by atoms with Gasteiger partial charge in [0.2, 0.25) is 5.91 Å². The predicted molar refractivity (Wildman–Crippen MR) is 81.8 cm³/mol. The van der Waals surface area contributed by atoms with E-state index < -0.39 is 5.91 Å². The summed E-state index contributed by atoms with van der Waals surface area (Å²) in [4.78, 5) is 23.7. The topological polar surface area (TPSA) is 76.7 Å². The fourth-order valence-corrected chi connectivity index (χ4v) is 2.12. The van der Waals surface area contributed by atoms with Crippen LogP contribution in [0.3, 0.4) is 0 Å². The number of benzene rings is 1. The molecule has 1 aliphatic carbocycles. The molecule has 1 aliphatic rings. The summed E-state index contributed by atoms with van der Waals surface area (Å²) in [5.74, 6) is 0.504. The Bertz CT molecular complexity index is 594. The molecule has 0 atom stereocenters. The van der Waals surface area contributed by atoms with Crippen LogP contribution < -0.4 is 20.3 Å². The molecular weight excluding hydrogens is 284 g/mol. The Hall–Kier alpha value is -2.50. The SMILES string of the molecule is C=CCc1cc(C(=O)NNC(=O)C2CC2)cc(OC)c1OC. The van der Waals surface area contributed by atoms with Crippen LogP contribution in [0.15, 0.2) is 24.8 Å². The average molecular weight is 304 g/mol. The zero-order valence-corrected chi connectivity index (χ0v) is 12.8. The number of nitrogens with one attached hydrogen (secondary N) is 2. The van der Waals surface area contributed by atoms with Crippen molar-refractivity contribution in [2.24, 2.45) is 5.92 Å². The number of rotatable bonds is 6. The number of hydrogen-bond donors (Lipinski definition) is 2. The van der Waals surface area contributed by atoms with Gasteiger partial charge in [-0.2, -0.15) is 0 Å². The lowest BCUT2D eigenvalue weighted by molar-refractivity contribution is -0.123. The van der Waals surface area contributed by atoms with E-state index in [2.05, 4.69) is 17.4 Å². The molecule has 2 amide bonds. The van der Waals surface area contributed by atoms with Crippen molar-refractivity contribution in [3.63, 3.8) is 0 Å². The van der Waals surface area contributed by atoms with Gasteiger partial charge in [0.1, 0.15) is 0 Å². The molecule has 1 saturated carbocycles. The van der Waals surface area contributed by atoms with Crippen LogP contribution in [-0.4, -0.2) is 26.0 Å². The number of methoxy groups -OCH3 is 2. The Morgan fingerprint density at radius 1 is 1.27 bits per heavy atom. The van der Waals surface area contributed by atoms with Crippen LogP contribution in [0.2, 0.25) is 0 Å². The van der Waals surface area contributed by atoms with Gasteiger partial charge in [0.05, 0.1) is 14.2 Å². The zero-order chi connectivity index (χ0) is 16.1. The number of carbonyl (C=O) groups is 2. The van der Waals surface area contributed by atoms with E-state index in [-0.39, 0.29) is 11.8 Å². The number of allylic oxidation sites excluding steroid dienone is 1. The van der Waals surface area contributed by atoms with Crippen LogP contribution in [-0.2, 0) is 11.2 Å². The molecule has 0 spiro atoms. The Balaban J connectivity index is 2.17. The molecule has 2 N–H and O–H groups in total. The number of amides is 2. The first kappa shape index (κ1) is 15.9. The number of carbonyl (C=O) groups excluding carboxylic acids is 2. The monoisotopic (exact) mass is 304 g/mol. The van der Waals surface area contributed by atoms with E-state index in [1.165, 1.54) is 7.11 Å². The summed E-state index contributed by atoms with van der Waals surface area (Å²) in [6.45, 7) is 3.69. The maximum absolute atomic E-state index is 12.2. The molecule has 0 radical (unpaired) electrons. The van der Waals surface area contributed by atoms with Gasteiger partial charge < -0.3 is 9.47 Å². The molecule has 6 nitrogen and oxygen atoms in total. The van der Waals surface area contributed by atoms with Gasteiger partial charge in [0.15, 0.2) is 11.5 Å². The third-order valence-electron chi connectivity index (χ3n) is 3.43. The van der Waals surface area contributed by atoms with Crippen molar-refractivity contribution in [3.05, 3.63) is 35.9 Å². The first-order valence-electron chi connectivity index (χ1n) is 7.06. The lowest BCUT2D eigenvalue weighted by Gasteiger charge is -2.14. The molecule has 0 aliphatic heterocycles. The van der Waals surface area contributed by atoms with Crippen molar-refractivity contribution < 1.29 is 19.1 Å². The van der Waals surface area contributed by atoms with Gasteiger partial charge in [-0.1, -0.05) is 6.08 Å². The standard InChI is InChI=1S/C16H20N2O4/c1-4-5-11-8-12(9-13(21-2)14(11)22-3)16(20)18-17-15(19)10-6-7-10/h4,8-10H,1,5-7H2,2-3H3,(H,17,19)(H,18,20). The molecular formula is C16H20N2O4. The summed E-state index contributed by atoms with van der Waals surface area (Å²) in [5.41, 5.74) is 6.01. The Kier molecular flexibility index (Phi) is 5.04. The van der Waals surface area contributed by atoms with E-state index in [4.69, 9.17) is 9.47 Å². The number of hydrazine groups is 1. The molecule has 22 heavy (non-hydrogen) atoms. The Morgan fingerprint density at radius 3 is 2.55 bits per heavy atom.